The Morgan fingerprint density at radius 3 is 3.00 bits per heavy atom. The molecule has 0 aliphatic rings. The summed E-state index contributed by atoms with van der Waals surface area (Å²) >= 11 is 6.02. The lowest BCUT2D eigenvalue weighted by atomic mass is 10.2. The first-order valence-electron chi connectivity index (χ1n) is 6.67. The van der Waals surface area contributed by atoms with Crippen molar-refractivity contribution in [1.82, 2.24) is 14.9 Å². The van der Waals surface area contributed by atoms with Gasteiger partial charge in [-0.3, -0.25) is 9.78 Å². The van der Waals surface area contributed by atoms with E-state index in [0.717, 1.165) is 10.9 Å². The van der Waals surface area contributed by atoms with Crippen molar-refractivity contribution >= 4 is 28.4 Å². The number of benzene rings is 1. The number of hydrogen-bond donors (Lipinski definition) is 1. The Kier molecular flexibility index (Phi) is 3.88. The number of carbonyl (C=O) groups excluding carboxylic acids is 1. The zero-order valence-electron chi connectivity index (χ0n) is 11.3. The minimum Gasteiger partial charge on any atom is -0.350 e. The Morgan fingerprint density at radius 1 is 1.29 bits per heavy atom. The molecule has 2 aromatic heterocycles. The van der Waals surface area contributed by atoms with Crippen LogP contribution in [0.4, 0.5) is 0 Å². The number of fused-ring (bicyclic) bond motifs is 1. The maximum absolute atomic E-state index is 11.9. The molecule has 0 aliphatic heterocycles. The van der Waals surface area contributed by atoms with Crippen molar-refractivity contribution in [2.75, 3.05) is 6.54 Å². The summed E-state index contributed by atoms with van der Waals surface area (Å²) < 4.78 is 2.07. The standard InChI is InChI=1S/C16H14ClN3O/c17-14-4-3-12-5-8-20(15(12)10-14)9-7-19-16(21)13-2-1-6-18-11-13/h1-6,8,10-11H,7,9H2,(H,19,21). The van der Waals surface area contributed by atoms with E-state index < -0.39 is 0 Å². The van der Waals surface area contributed by atoms with Gasteiger partial charge in [-0.25, -0.2) is 0 Å². The molecule has 0 atom stereocenters. The van der Waals surface area contributed by atoms with Crippen LogP contribution in [0.3, 0.4) is 0 Å². The SMILES string of the molecule is O=C(NCCn1ccc2ccc(Cl)cc21)c1cccnc1. The van der Waals surface area contributed by atoms with Gasteiger partial charge in [-0.15, -0.1) is 0 Å². The number of amides is 1. The van der Waals surface area contributed by atoms with Gasteiger partial charge in [0.05, 0.1) is 5.56 Å². The summed E-state index contributed by atoms with van der Waals surface area (Å²) in [6.45, 7) is 1.24. The first kappa shape index (κ1) is 13.6. The maximum Gasteiger partial charge on any atom is 0.252 e. The number of pyridine rings is 1. The average Bonchev–Trinajstić information content (AvgIpc) is 2.90. The highest BCUT2D eigenvalue weighted by Crippen LogP contribution is 2.20. The van der Waals surface area contributed by atoms with Gasteiger partial charge >= 0.3 is 0 Å². The summed E-state index contributed by atoms with van der Waals surface area (Å²) in [5.74, 6) is -0.113. The van der Waals surface area contributed by atoms with Crippen molar-refractivity contribution in [3.05, 3.63) is 65.6 Å². The summed E-state index contributed by atoms with van der Waals surface area (Å²) in [4.78, 5) is 15.8. The quantitative estimate of drug-likeness (QED) is 0.804. The second-order valence-corrected chi connectivity index (χ2v) is 5.15. The van der Waals surface area contributed by atoms with Crippen LogP contribution in [0.25, 0.3) is 10.9 Å². The van der Waals surface area contributed by atoms with Crippen LogP contribution in [0.15, 0.2) is 55.0 Å². The van der Waals surface area contributed by atoms with Gasteiger partial charge in [0.1, 0.15) is 0 Å². The lowest BCUT2D eigenvalue weighted by Crippen LogP contribution is -2.27. The Balaban J connectivity index is 1.65. The molecule has 0 spiro atoms. The number of carbonyl (C=O) groups is 1. The molecule has 0 unspecified atom stereocenters. The lowest BCUT2D eigenvalue weighted by molar-refractivity contribution is 0.0952. The molecule has 106 valence electrons. The Labute approximate surface area is 127 Å². The molecule has 4 nitrogen and oxygen atoms in total. The van der Waals surface area contributed by atoms with E-state index in [1.807, 2.05) is 30.5 Å². The van der Waals surface area contributed by atoms with Gasteiger partial charge in [0.25, 0.3) is 5.91 Å². The fraction of sp³-hybridized carbons (Fsp3) is 0.125. The highest BCUT2D eigenvalue weighted by Gasteiger charge is 2.05. The molecular formula is C16H14ClN3O. The number of aromatic nitrogens is 2. The lowest BCUT2D eigenvalue weighted by Gasteiger charge is -2.07. The third kappa shape index (κ3) is 3.06. The Morgan fingerprint density at radius 2 is 2.19 bits per heavy atom. The molecule has 2 heterocycles. The first-order valence-corrected chi connectivity index (χ1v) is 7.04. The summed E-state index contributed by atoms with van der Waals surface area (Å²) in [5, 5.41) is 4.73. The van der Waals surface area contributed by atoms with E-state index in [0.29, 0.717) is 23.7 Å². The van der Waals surface area contributed by atoms with E-state index in [1.165, 1.54) is 0 Å². The fourth-order valence-electron chi connectivity index (χ4n) is 2.24. The predicted molar refractivity (Wildman–Crippen MR) is 83.5 cm³/mol. The molecule has 0 saturated heterocycles. The van der Waals surface area contributed by atoms with Crippen LogP contribution in [0, 0.1) is 0 Å². The van der Waals surface area contributed by atoms with Gasteiger partial charge in [-0.2, -0.15) is 0 Å². The van der Waals surface area contributed by atoms with Gasteiger partial charge in [0.2, 0.25) is 0 Å². The van der Waals surface area contributed by atoms with E-state index in [2.05, 4.69) is 14.9 Å². The molecule has 1 N–H and O–H groups in total. The summed E-state index contributed by atoms with van der Waals surface area (Å²) in [7, 11) is 0. The van der Waals surface area contributed by atoms with Crippen LogP contribution in [0.2, 0.25) is 5.02 Å². The summed E-state index contributed by atoms with van der Waals surface area (Å²) in [6.07, 6.45) is 5.20. The van der Waals surface area contributed by atoms with E-state index in [9.17, 15) is 4.79 Å². The van der Waals surface area contributed by atoms with Crippen molar-refractivity contribution in [3.63, 3.8) is 0 Å². The van der Waals surface area contributed by atoms with Crippen LogP contribution in [-0.4, -0.2) is 22.0 Å². The third-order valence-electron chi connectivity index (χ3n) is 3.30. The van der Waals surface area contributed by atoms with Crippen LogP contribution in [-0.2, 0) is 6.54 Å². The molecule has 3 aromatic rings. The molecule has 0 fully saturated rings. The maximum atomic E-state index is 11.9. The van der Waals surface area contributed by atoms with E-state index in [1.54, 1.807) is 24.5 Å². The van der Waals surface area contributed by atoms with Crippen LogP contribution in [0.5, 0.6) is 0 Å². The number of nitrogens with one attached hydrogen (secondary N) is 1. The van der Waals surface area contributed by atoms with Crippen LogP contribution in [0.1, 0.15) is 10.4 Å². The predicted octanol–water partition coefficient (Wildman–Crippen LogP) is 3.12. The molecule has 0 saturated carbocycles. The minimum absolute atomic E-state index is 0.113. The number of hydrogen-bond acceptors (Lipinski definition) is 2. The molecule has 1 aromatic carbocycles. The van der Waals surface area contributed by atoms with Gasteiger partial charge in [-0.1, -0.05) is 17.7 Å². The zero-order valence-corrected chi connectivity index (χ0v) is 12.0. The topological polar surface area (TPSA) is 46.9 Å². The molecule has 3 rings (SSSR count). The second-order valence-electron chi connectivity index (χ2n) is 4.71. The average molecular weight is 300 g/mol. The van der Waals surface area contributed by atoms with Gasteiger partial charge in [-0.05, 0) is 35.7 Å². The van der Waals surface area contributed by atoms with Crippen molar-refractivity contribution in [3.8, 4) is 0 Å². The smallest absolute Gasteiger partial charge is 0.252 e. The molecule has 21 heavy (non-hydrogen) atoms. The molecule has 0 aliphatic carbocycles. The summed E-state index contributed by atoms with van der Waals surface area (Å²) in [5.41, 5.74) is 1.64. The Hall–Kier alpha value is -2.33. The monoisotopic (exact) mass is 299 g/mol. The van der Waals surface area contributed by atoms with Crippen LogP contribution < -0.4 is 5.32 Å². The summed E-state index contributed by atoms with van der Waals surface area (Å²) in [6, 6.07) is 11.3. The van der Waals surface area contributed by atoms with Gasteiger partial charge in [0.15, 0.2) is 0 Å². The van der Waals surface area contributed by atoms with Gasteiger partial charge in [0, 0.05) is 42.2 Å². The molecule has 5 heteroatoms. The highest BCUT2D eigenvalue weighted by molar-refractivity contribution is 6.31. The fourth-order valence-corrected chi connectivity index (χ4v) is 2.41. The van der Waals surface area contributed by atoms with E-state index in [4.69, 9.17) is 11.6 Å². The van der Waals surface area contributed by atoms with Crippen molar-refractivity contribution < 1.29 is 4.79 Å². The van der Waals surface area contributed by atoms with Crippen molar-refractivity contribution in [2.45, 2.75) is 6.54 Å². The van der Waals surface area contributed by atoms with E-state index >= 15 is 0 Å². The number of nitrogens with zero attached hydrogens (tertiary/aromatic N) is 2. The van der Waals surface area contributed by atoms with Gasteiger partial charge < -0.3 is 9.88 Å². The third-order valence-corrected chi connectivity index (χ3v) is 3.53. The molecule has 0 radical (unpaired) electrons. The first-order chi connectivity index (χ1) is 10.2. The second kappa shape index (κ2) is 5.97. The van der Waals surface area contributed by atoms with Crippen molar-refractivity contribution in [1.29, 1.82) is 0 Å². The van der Waals surface area contributed by atoms with Crippen molar-refractivity contribution in [2.24, 2.45) is 0 Å². The highest BCUT2D eigenvalue weighted by atomic mass is 35.5. The van der Waals surface area contributed by atoms with Crippen LogP contribution >= 0.6 is 11.6 Å². The molecule has 0 bridgehead atoms. The zero-order chi connectivity index (χ0) is 14.7. The Bertz CT molecular complexity index is 768. The molecular weight excluding hydrogens is 286 g/mol. The number of halogens is 1. The normalized spacial score (nSPS) is 10.7. The largest absolute Gasteiger partial charge is 0.350 e. The number of rotatable bonds is 4. The molecule has 1 amide bonds. The minimum atomic E-state index is -0.113. The van der Waals surface area contributed by atoms with E-state index in [-0.39, 0.29) is 5.91 Å².